The summed E-state index contributed by atoms with van der Waals surface area (Å²) in [6.07, 6.45) is 5.35. The summed E-state index contributed by atoms with van der Waals surface area (Å²) < 4.78 is 0. The molecule has 114 valence electrons. The molecule has 2 rings (SSSR count). The molecule has 0 aromatic rings. The lowest BCUT2D eigenvalue weighted by Gasteiger charge is -2.39. The molecule has 0 bridgehead atoms. The lowest BCUT2D eigenvalue weighted by Crippen LogP contribution is -2.52. The molecule has 0 aromatic carbocycles. The summed E-state index contributed by atoms with van der Waals surface area (Å²) in [7, 11) is 0. The van der Waals surface area contributed by atoms with Crippen LogP contribution in [0.4, 0.5) is 4.79 Å². The van der Waals surface area contributed by atoms with Gasteiger partial charge in [-0.05, 0) is 38.5 Å². The minimum absolute atomic E-state index is 0.0133. The van der Waals surface area contributed by atoms with Crippen LogP contribution in [-0.4, -0.2) is 63.8 Å². The van der Waals surface area contributed by atoms with Crippen LogP contribution in [0.15, 0.2) is 0 Å². The van der Waals surface area contributed by atoms with Gasteiger partial charge >= 0.3 is 12.0 Å². The summed E-state index contributed by atoms with van der Waals surface area (Å²) in [5.74, 6) is -0.808. The zero-order valence-corrected chi connectivity index (χ0v) is 11.8. The van der Waals surface area contributed by atoms with E-state index in [9.17, 15) is 14.7 Å². The zero-order valence-electron chi connectivity index (χ0n) is 11.8. The van der Waals surface area contributed by atoms with Crippen molar-refractivity contribution in [2.75, 3.05) is 19.7 Å². The number of likely N-dealkylation sites (tertiary alicyclic amines) is 2. The number of aliphatic hydroxyl groups is 1. The Kier molecular flexibility index (Phi) is 5.23. The number of carboxylic acid groups (broad SMARTS) is 1. The molecule has 2 fully saturated rings. The van der Waals surface area contributed by atoms with E-state index < -0.39 is 5.97 Å². The molecular formula is C14H24N2O4. The first-order chi connectivity index (χ1) is 9.63. The molecule has 6 nitrogen and oxygen atoms in total. The van der Waals surface area contributed by atoms with Gasteiger partial charge in [-0.25, -0.2) is 4.79 Å². The Balaban J connectivity index is 1.99. The predicted molar refractivity (Wildman–Crippen MR) is 73.4 cm³/mol. The molecule has 2 amide bonds. The molecule has 20 heavy (non-hydrogen) atoms. The lowest BCUT2D eigenvalue weighted by atomic mass is 9.98. The van der Waals surface area contributed by atoms with E-state index in [1.807, 2.05) is 4.90 Å². The van der Waals surface area contributed by atoms with E-state index in [1.54, 1.807) is 4.90 Å². The minimum atomic E-state index is -0.808. The Morgan fingerprint density at radius 2 is 1.65 bits per heavy atom. The number of amides is 2. The maximum absolute atomic E-state index is 12.6. The molecule has 2 N–H and O–H groups in total. The van der Waals surface area contributed by atoms with Gasteiger partial charge in [0.2, 0.25) is 0 Å². The molecular weight excluding hydrogens is 260 g/mol. The highest BCUT2D eigenvalue weighted by molar-refractivity contribution is 5.76. The first-order valence-electron chi connectivity index (χ1n) is 7.53. The number of carbonyl (C=O) groups is 2. The van der Waals surface area contributed by atoms with Gasteiger partial charge in [0.1, 0.15) is 0 Å². The average molecular weight is 284 g/mol. The molecule has 0 aromatic heterocycles. The van der Waals surface area contributed by atoms with Crippen LogP contribution in [0.2, 0.25) is 0 Å². The second kappa shape index (κ2) is 6.92. The fraction of sp³-hybridized carbons (Fsp3) is 0.857. The van der Waals surface area contributed by atoms with Gasteiger partial charge in [-0.3, -0.25) is 4.79 Å². The van der Waals surface area contributed by atoms with Gasteiger partial charge in [0.15, 0.2) is 0 Å². The van der Waals surface area contributed by atoms with Crippen molar-refractivity contribution in [2.45, 2.75) is 57.0 Å². The van der Waals surface area contributed by atoms with Crippen molar-refractivity contribution in [1.82, 2.24) is 9.80 Å². The number of piperidine rings is 1. The SMILES string of the molecule is O=C(O)CCC1CCCCN1C(=O)N1CCCC1CO. The Hall–Kier alpha value is -1.30. The summed E-state index contributed by atoms with van der Waals surface area (Å²) in [5, 5.41) is 18.1. The molecule has 2 aliphatic rings. The number of urea groups is 1. The van der Waals surface area contributed by atoms with Gasteiger partial charge in [0.05, 0.1) is 12.6 Å². The summed E-state index contributed by atoms with van der Waals surface area (Å²) >= 11 is 0. The Bertz CT molecular complexity index is 361. The quantitative estimate of drug-likeness (QED) is 0.815. The topological polar surface area (TPSA) is 81.1 Å². The molecule has 0 spiro atoms. The van der Waals surface area contributed by atoms with Crippen LogP contribution in [0.25, 0.3) is 0 Å². The molecule has 2 unspecified atom stereocenters. The maximum Gasteiger partial charge on any atom is 0.320 e. The van der Waals surface area contributed by atoms with Crippen molar-refractivity contribution in [1.29, 1.82) is 0 Å². The van der Waals surface area contributed by atoms with Gasteiger partial charge in [0.25, 0.3) is 0 Å². The number of aliphatic carboxylic acids is 1. The summed E-state index contributed by atoms with van der Waals surface area (Å²) in [6, 6.07) is -0.0477. The Morgan fingerprint density at radius 3 is 2.35 bits per heavy atom. The molecule has 6 heteroatoms. The van der Waals surface area contributed by atoms with Crippen LogP contribution in [0, 0.1) is 0 Å². The van der Waals surface area contributed by atoms with Gasteiger partial charge in [-0.15, -0.1) is 0 Å². The van der Waals surface area contributed by atoms with Crippen molar-refractivity contribution in [3.63, 3.8) is 0 Å². The summed E-state index contributed by atoms with van der Waals surface area (Å²) in [4.78, 5) is 26.9. The molecule has 0 saturated carbocycles. The van der Waals surface area contributed by atoms with Crippen molar-refractivity contribution >= 4 is 12.0 Å². The Labute approximate surface area is 119 Å². The standard InChI is InChI=1S/C14H24N2O4/c17-10-12-5-3-9-16(12)14(20)15-8-2-1-4-11(15)6-7-13(18)19/h11-12,17H,1-10H2,(H,18,19). The van der Waals surface area contributed by atoms with E-state index in [0.29, 0.717) is 19.5 Å². The summed E-state index contributed by atoms with van der Waals surface area (Å²) in [5.41, 5.74) is 0. The third-order valence-electron chi connectivity index (χ3n) is 4.40. The molecule has 2 atom stereocenters. The van der Waals surface area contributed by atoms with Gasteiger partial charge < -0.3 is 20.0 Å². The van der Waals surface area contributed by atoms with E-state index in [4.69, 9.17) is 5.11 Å². The van der Waals surface area contributed by atoms with Gasteiger partial charge in [0, 0.05) is 25.6 Å². The van der Waals surface area contributed by atoms with E-state index in [-0.39, 0.29) is 31.1 Å². The number of hydrogen-bond donors (Lipinski definition) is 2. The lowest BCUT2D eigenvalue weighted by molar-refractivity contribution is -0.137. The molecule has 2 heterocycles. The van der Waals surface area contributed by atoms with Crippen LogP contribution in [0.1, 0.15) is 44.9 Å². The van der Waals surface area contributed by atoms with Crippen LogP contribution in [-0.2, 0) is 4.79 Å². The molecule has 0 radical (unpaired) electrons. The number of carbonyl (C=O) groups excluding carboxylic acids is 1. The van der Waals surface area contributed by atoms with E-state index in [0.717, 1.165) is 32.1 Å². The third kappa shape index (κ3) is 3.42. The number of rotatable bonds is 4. The second-order valence-corrected chi connectivity index (χ2v) is 5.73. The number of carboxylic acids is 1. The molecule has 0 aliphatic carbocycles. The smallest absolute Gasteiger partial charge is 0.320 e. The van der Waals surface area contributed by atoms with Crippen molar-refractivity contribution in [3.8, 4) is 0 Å². The first kappa shape index (κ1) is 15.1. The average Bonchev–Trinajstić information content (AvgIpc) is 2.93. The molecule has 2 aliphatic heterocycles. The van der Waals surface area contributed by atoms with Crippen LogP contribution in [0.5, 0.6) is 0 Å². The van der Waals surface area contributed by atoms with Gasteiger partial charge in [-0.2, -0.15) is 0 Å². The largest absolute Gasteiger partial charge is 0.481 e. The van der Waals surface area contributed by atoms with Crippen molar-refractivity contribution in [3.05, 3.63) is 0 Å². The minimum Gasteiger partial charge on any atom is -0.481 e. The fourth-order valence-corrected chi connectivity index (χ4v) is 3.28. The highest BCUT2D eigenvalue weighted by atomic mass is 16.4. The van der Waals surface area contributed by atoms with Crippen molar-refractivity contribution < 1.29 is 19.8 Å². The van der Waals surface area contributed by atoms with E-state index in [2.05, 4.69) is 0 Å². The van der Waals surface area contributed by atoms with Crippen LogP contribution < -0.4 is 0 Å². The summed E-state index contributed by atoms with van der Waals surface area (Å²) in [6.45, 7) is 1.42. The monoisotopic (exact) mass is 284 g/mol. The normalized spacial score (nSPS) is 26.9. The van der Waals surface area contributed by atoms with Gasteiger partial charge in [-0.1, -0.05) is 0 Å². The first-order valence-corrected chi connectivity index (χ1v) is 7.53. The van der Waals surface area contributed by atoms with Crippen molar-refractivity contribution in [2.24, 2.45) is 0 Å². The second-order valence-electron chi connectivity index (χ2n) is 5.73. The fourth-order valence-electron chi connectivity index (χ4n) is 3.28. The van der Waals surface area contributed by atoms with E-state index >= 15 is 0 Å². The van der Waals surface area contributed by atoms with E-state index in [1.165, 1.54) is 0 Å². The third-order valence-corrected chi connectivity index (χ3v) is 4.40. The number of nitrogens with zero attached hydrogens (tertiary/aromatic N) is 2. The highest BCUT2D eigenvalue weighted by Gasteiger charge is 2.35. The zero-order chi connectivity index (χ0) is 14.5. The van der Waals surface area contributed by atoms with Crippen LogP contribution in [0.3, 0.4) is 0 Å². The number of hydrogen-bond acceptors (Lipinski definition) is 3. The Morgan fingerprint density at radius 1 is 1.00 bits per heavy atom. The van der Waals surface area contributed by atoms with Crippen LogP contribution >= 0.6 is 0 Å². The maximum atomic E-state index is 12.6. The highest BCUT2D eigenvalue weighted by Crippen LogP contribution is 2.25. The number of aliphatic hydroxyl groups excluding tert-OH is 1. The molecule has 2 saturated heterocycles. The predicted octanol–water partition coefficient (Wildman–Crippen LogP) is 1.28.